The summed E-state index contributed by atoms with van der Waals surface area (Å²) in [6.07, 6.45) is 0.397. The zero-order valence-electron chi connectivity index (χ0n) is 12.4. The molecule has 0 N–H and O–H groups in total. The highest BCUT2D eigenvalue weighted by Gasteiger charge is 2.29. The van der Waals surface area contributed by atoms with Crippen LogP contribution in [0.25, 0.3) is 0 Å². The van der Waals surface area contributed by atoms with Crippen LogP contribution in [0.1, 0.15) is 18.2 Å². The van der Waals surface area contributed by atoms with E-state index in [1.807, 2.05) is 11.8 Å². The first-order valence-corrected chi connectivity index (χ1v) is 8.22. The van der Waals surface area contributed by atoms with E-state index >= 15 is 0 Å². The first kappa shape index (κ1) is 14.6. The fourth-order valence-electron chi connectivity index (χ4n) is 2.80. The maximum Gasteiger partial charge on any atom is 0.254 e. The van der Waals surface area contributed by atoms with Gasteiger partial charge < -0.3 is 9.80 Å². The number of thioether (sulfide) groups is 1. The Morgan fingerprint density at radius 3 is 2.81 bits per heavy atom. The van der Waals surface area contributed by atoms with Gasteiger partial charge in [-0.1, -0.05) is 11.8 Å². The molecule has 1 saturated heterocycles. The number of hydrogen-bond acceptors (Lipinski definition) is 5. The molecule has 3 rings (SSSR count). The van der Waals surface area contributed by atoms with Crippen molar-refractivity contribution in [3.63, 3.8) is 0 Å². The largest absolute Gasteiger partial charge is 0.340 e. The Labute approximate surface area is 128 Å². The third-order valence-corrected chi connectivity index (χ3v) is 5.18. The molecule has 1 aromatic rings. The number of piperazine rings is 1. The molecule has 0 spiro atoms. The summed E-state index contributed by atoms with van der Waals surface area (Å²) in [5.74, 6) is 0.902. The Morgan fingerprint density at radius 2 is 2.10 bits per heavy atom. The van der Waals surface area contributed by atoms with Crippen LogP contribution in [0.15, 0.2) is 16.0 Å². The molecule has 1 aromatic heterocycles. The zero-order valence-corrected chi connectivity index (χ0v) is 13.2. The molecular weight excluding hydrogens is 288 g/mol. The van der Waals surface area contributed by atoms with E-state index in [1.54, 1.807) is 22.4 Å². The quantitative estimate of drug-likeness (QED) is 0.739. The molecule has 3 heterocycles. The molecule has 0 aromatic carbocycles. The van der Waals surface area contributed by atoms with Crippen LogP contribution in [0.5, 0.6) is 0 Å². The SMILES string of the molecule is Cc1cc(=O)n2c(n1)SCC2CC(=O)N1CCN(C)CC1. The molecule has 1 unspecified atom stereocenters. The molecular formula is C14H20N4O2S. The second-order valence-electron chi connectivity index (χ2n) is 5.74. The van der Waals surface area contributed by atoms with E-state index in [1.165, 1.54) is 0 Å². The highest BCUT2D eigenvalue weighted by atomic mass is 32.2. The minimum Gasteiger partial charge on any atom is -0.340 e. The molecule has 0 radical (unpaired) electrons. The van der Waals surface area contributed by atoms with Gasteiger partial charge >= 0.3 is 0 Å². The fraction of sp³-hybridized carbons (Fsp3) is 0.643. The van der Waals surface area contributed by atoms with Crippen molar-refractivity contribution in [1.82, 2.24) is 19.4 Å². The normalized spacial score (nSPS) is 22.4. The predicted molar refractivity (Wildman–Crippen MR) is 81.7 cm³/mol. The van der Waals surface area contributed by atoms with Crippen molar-refractivity contribution in [3.05, 3.63) is 22.1 Å². The van der Waals surface area contributed by atoms with Gasteiger partial charge in [0, 0.05) is 50.1 Å². The average Bonchev–Trinajstić information content (AvgIpc) is 2.82. The van der Waals surface area contributed by atoms with Crippen molar-refractivity contribution in [1.29, 1.82) is 0 Å². The molecule has 7 heteroatoms. The molecule has 1 amide bonds. The summed E-state index contributed by atoms with van der Waals surface area (Å²) in [6, 6.07) is 1.49. The molecule has 1 atom stereocenters. The van der Waals surface area contributed by atoms with E-state index in [9.17, 15) is 9.59 Å². The van der Waals surface area contributed by atoms with Gasteiger partial charge in [-0.3, -0.25) is 14.2 Å². The summed E-state index contributed by atoms with van der Waals surface area (Å²) in [6.45, 7) is 5.22. The minimum absolute atomic E-state index is 0.0429. The highest BCUT2D eigenvalue weighted by Crippen LogP contribution is 2.32. The number of carbonyl (C=O) groups excluding carboxylic acids is 1. The van der Waals surface area contributed by atoms with Gasteiger partial charge in [0.15, 0.2) is 5.16 Å². The summed E-state index contributed by atoms with van der Waals surface area (Å²) >= 11 is 1.57. The van der Waals surface area contributed by atoms with Crippen molar-refractivity contribution in [3.8, 4) is 0 Å². The summed E-state index contributed by atoms with van der Waals surface area (Å²) in [7, 11) is 2.07. The Balaban J connectivity index is 1.71. The molecule has 6 nitrogen and oxygen atoms in total. The van der Waals surface area contributed by atoms with Crippen LogP contribution in [-0.2, 0) is 4.79 Å². The first-order chi connectivity index (χ1) is 10.0. The highest BCUT2D eigenvalue weighted by molar-refractivity contribution is 7.99. The van der Waals surface area contributed by atoms with Crippen molar-refractivity contribution in [2.75, 3.05) is 39.0 Å². The van der Waals surface area contributed by atoms with Crippen LogP contribution >= 0.6 is 11.8 Å². The predicted octanol–water partition coefficient (Wildman–Crippen LogP) is 0.363. The molecule has 1 fully saturated rings. The van der Waals surface area contributed by atoms with Gasteiger partial charge in [-0.15, -0.1) is 0 Å². The van der Waals surface area contributed by atoms with Gasteiger partial charge in [-0.05, 0) is 14.0 Å². The van der Waals surface area contributed by atoms with Crippen LogP contribution in [0.3, 0.4) is 0 Å². The Hall–Kier alpha value is -1.34. The second kappa shape index (κ2) is 5.81. The first-order valence-electron chi connectivity index (χ1n) is 7.24. The van der Waals surface area contributed by atoms with Crippen molar-refractivity contribution in [2.45, 2.75) is 24.5 Å². The lowest BCUT2D eigenvalue weighted by molar-refractivity contribution is -0.133. The second-order valence-corrected chi connectivity index (χ2v) is 6.73. The molecule has 2 aliphatic rings. The molecule has 0 aliphatic carbocycles. The molecule has 114 valence electrons. The lowest BCUT2D eigenvalue weighted by Crippen LogP contribution is -2.47. The third-order valence-electron chi connectivity index (χ3n) is 4.08. The van der Waals surface area contributed by atoms with Crippen molar-refractivity contribution >= 4 is 17.7 Å². The van der Waals surface area contributed by atoms with Gasteiger partial charge in [0.05, 0.1) is 6.04 Å². The van der Waals surface area contributed by atoms with Gasteiger partial charge in [0.25, 0.3) is 5.56 Å². The zero-order chi connectivity index (χ0) is 15.0. The fourth-order valence-corrected chi connectivity index (χ4v) is 3.99. The standard InChI is InChI=1S/C14H20N4O2S/c1-10-7-13(20)18-11(9-21-14(18)15-10)8-12(19)17-5-3-16(2)4-6-17/h7,11H,3-6,8-9H2,1-2H3. The van der Waals surface area contributed by atoms with Crippen LogP contribution in [0, 0.1) is 6.92 Å². The van der Waals surface area contributed by atoms with Crippen molar-refractivity contribution in [2.24, 2.45) is 0 Å². The Kier molecular flexibility index (Phi) is 4.03. The van der Waals surface area contributed by atoms with E-state index < -0.39 is 0 Å². The molecule has 21 heavy (non-hydrogen) atoms. The maximum absolute atomic E-state index is 12.4. The topological polar surface area (TPSA) is 58.4 Å². The number of fused-ring (bicyclic) bond motifs is 1. The Bertz CT molecular complexity index is 607. The third kappa shape index (κ3) is 2.98. The summed E-state index contributed by atoms with van der Waals surface area (Å²) < 4.78 is 1.69. The number of aryl methyl sites for hydroxylation is 1. The monoisotopic (exact) mass is 308 g/mol. The lowest BCUT2D eigenvalue weighted by atomic mass is 10.2. The number of rotatable bonds is 2. The van der Waals surface area contributed by atoms with Crippen LogP contribution in [0.4, 0.5) is 0 Å². The smallest absolute Gasteiger partial charge is 0.254 e. The van der Waals surface area contributed by atoms with E-state index in [0.29, 0.717) is 6.42 Å². The minimum atomic E-state index is -0.0576. The number of hydrogen-bond donors (Lipinski definition) is 0. The number of likely N-dealkylation sites (N-methyl/N-ethyl adjacent to an activating group) is 1. The molecule has 2 aliphatic heterocycles. The van der Waals surface area contributed by atoms with Gasteiger partial charge in [-0.2, -0.15) is 0 Å². The van der Waals surface area contributed by atoms with E-state index in [4.69, 9.17) is 0 Å². The van der Waals surface area contributed by atoms with Gasteiger partial charge in [0.1, 0.15) is 0 Å². The van der Waals surface area contributed by atoms with E-state index in [2.05, 4.69) is 16.9 Å². The maximum atomic E-state index is 12.4. The summed E-state index contributed by atoms with van der Waals surface area (Å²) in [5, 5.41) is 0.746. The number of amides is 1. The van der Waals surface area contributed by atoms with Crippen LogP contribution in [-0.4, -0.2) is 64.2 Å². The van der Waals surface area contributed by atoms with E-state index in [-0.39, 0.29) is 17.5 Å². The number of carbonyl (C=O) groups is 1. The van der Waals surface area contributed by atoms with E-state index in [0.717, 1.165) is 42.8 Å². The lowest BCUT2D eigenvalue weighted by Gasteiger charge is -2.33. The van der Waals surface area contributed by atoms with Crippen LogP contribution in [0.2, 0.25) is 0 Å². The summed E-state index contributed by atoms with van der Waals surface area (Å²) in [4.78, 5) is 33.1. The number of nitrogens with zero attached hydrogens (tertiary/aromatic N) is 4. The summed E-state index contributed by atoms with van der Waals surface area (Å²) in [5.41, 5.74) is 0.698. The van der Waals surface area contributed by atoms with Gasteiger partial charge in [0.2, 0.25) is 5.91 Å². The average molecular weight is 308 g/mol. The molecule has 0 bridgehead atoms. The van der Waals surface area contributed by atoms with Crippen LogP contribution < -0.4 is 5.56 Å². The number of aromatic nitrogens is 2. The Morgan fingerprint density at radius 1 is 1.38 bits per heavy atom. The van der Waals surface area contributed by atoms with Gasteiger partial charge in [-0.25, -0.2) is 4.98 Å². The molecule has 0 saturated carbocycles. The van der Waals surface area contributed by atoms with Crippen molar-refractivity contribution < 1.29 is 4.79 Å².